The molecule has 1 aliphatic rings. The normalized spacial score (nSPS) is 21.4. The molecule has 16 heavy (non-hydrogen) atoms. The first-order valence-corrected chi connectivity index (χ1v) is 4.94. The zero-order chi connectivity index (χ0) is 12.1. The number of aliphatic carboxylic acids is 1. The van der Waals surface area contributed by atoms with Crippen LogP contribution < -0.4 is 11.1 Å². The summed E-state index contributed by atoms with van der Waals surface area (Å²) in [6, 6.07) is -1.28. The molecule has 7 nitrogen and oxygen atoms in total. The fourth-order valence-corrected chi connectivity index (χ4v) is 1.45. The second-order valence-electron chi connectivity index (χ2n) is 3.57. The first kappa shape index (κ1) is 12.4. The van der Waals surface area contributed by atoms with E-state index in [1.54, 1.807) is 0 Å². The van der Waals surface area contributed by atoms with Gasteiger partial charge < -0.3 is 20.9 Å². The van der Waals surface area contributed by atoms with E-state index in [1.165, 1.54) is 0 Å². The van der Waals surface area contributed by atoms with Gasteiger partial charge in [-0.2, -0.15) is 0 Å². The third kappa shape index (κ3) is 3.50. The predicted octanol–water partition coefficient (Wildman–Crippen LogP) is -1.39. The van der Waals surface area contributed by atoms with Crippen LogP contribution in [0, 0.1) is 0 Å². The molecule has 0 unspecified atom stereocenters. The summed E-state index contributed by atoms with van der Waals surface area (Å²) < 4.78 is 5.08. The molecule has 0 bridgehead atoms. The van der Waals surface area contributed by atoms with Crippen LogP contribution in [0.2, 0.25) is 0 Å². The average molecular weight is 230 g/mol. The van der Waals surface area contributed by atoms with E-state index in [2.05, 4.69) is 5.32 Å². The van der Waals surface area contributed by atoms with E-state index in [0.29, 0.717) is 13.0 Å². The topological polar surface area (TPSA) is 119 Å². The Kier molecular flexibility index (Phi) is 4.24. The number of hydrogen-bond acceptors (Lipinski definition) is 4. The van der Waals surface area contributed by atoms with Crippen molar-refractivity contribution in [2.24, 2.45) is 5.73 Å². The lowest BCUT2D eigenvalue weighted by molar-refractivity contribution is -0.144. The van der Waals surface area contributed by atoms with Gasteiger partial charge in [0.2, 0.25) is 11.8 Å². The minimum atomic E-state index is -1.29. The van der Waals surface area contributed by atoms with Gasteiger partial charge in [-0.1, -0.05) is 0 Å². The Morgan fingerprint density at radius 2 is 2.19 bits per heavy atom. The van der Waals surface area contributed by atoms with Gasteiger partial charge in [0.25, 0.3) is 0 Å². The lowest BCUT2D eigenvalue weighted by atomic mass is 10.1. The van der Waals surface area contributed by atoms with E-state index in [9.17, 15) is 14.4 Å². The largest absolute Gasteiger partial charge is 0.480 e. The molecule has 0 spiro atoms. The van der Waals surface area contributed by atoms with Crippen LogP contribution in [0.4, 0.5) is 0 Å². The van der Waals surface area contributed by atoms with Gasteiger partial charge >= 0.3 is 5.97 Å². The van der Waals surface area contributed by atoms with Crippen LogP contribution in [0.1, 0.15) is 19.3 Å². The molecule has 0 radical (unpaired) electrons. The Morgan fingerprint density at radius 1 is 1.50 bits per heavy atom. The van der Waals surface area contributed by atoms with E-state index >= 15 is 0 Å². The maximum atomic E-state index is 11.5. The third-order valence-electron chi connectivity index (χ3n) is 2.24. The maximum Gasteiger partial charge on any atom is 0.326 e. The summed E-state index contributed by atoms with van der Waals surface area (Å²) in [6.45, 7) is 0.492. The Hall–Kier alpha value is -1.63. The van der Waals surface area contributed by atoms with Gasteiger partial charge in [-0.15, -0.1) is 0 Å². The number of primary amides is 1. The number of amides is 2. The molecule has 1 aliphatic heterocycles. The highest BCUT2D eigenvalue weighted by atomic mass is 16.5. The molecule has 1 saturated heterocycles. The lowest BCUT2D eigenvalue weighted by Crippen LogP contribution is -2.47. The molecule has 1 heterocycles. The summed E-state index contributed by atoms with van der Waals surface area (Å²) >= 11 is 0. The number of carboxylic acid groups (broad SMARTS) is 1. The highest BCUT2D eigenvalue weighted by molar-refractivity contribution is 5.89. The Bertz CT molecular complexity index is 298. The monoisotopic (exact) mass is 230 g/mol. The van der Waals surface area contributed by atoms with Crippen LogP contribution >= 0.6 is 0 Å². The van der Waals surface area contributed by atoms with E-state index in [4.69, 9.17) is 15.6 Å². The first-order valence-electron chi connectivity index (χ1n) is 4.94. The molecule has 0 aromatic rings. The number of nitrogens with two attached hydrogens (primary N) is 1. The van der Waals surface area contributed by atoms with Gasteiger partial charge in [0, 0.05) is 6.61 Å². The zero-order valence-corrected chi connectivity index (χ0v) is 8.64. The summed E-state index contributed by atoms with van der Waals surface area (Å²) in [5.74, 6) is -2.57. The summed E-state index contributed by atoms with van der Waals surface area (Å²) in [4.78, 5) is 32.8. The second kappa shape index (κ2) is 5.45. The minimum Gasteiger partial charge on any atom is -0.480 e. The van der Waals surface area contributed by atoms with Crippen molar-refractivity contribution in [3.63, 3.8) is 0 Å². The first-order chi connectivity index (χ1) is 7.50. The van der Waals surface area contributed by atoms with Crippen molar-refractivity contribution in [3.05, 3.63) is 0 Å². The van der Waals surface area contributed by atoms with Crippen LogP contribution in [-0.2, 0) is 19.1 Å². The summed E-state index contributed by atoms with van der Waals surface area (Å²) in [5.41, 5.74) is 4.88. The molecule has 4 N–H and O–H groups in total. The summed E-state index contributed by atoms with van der Waals surface area (Å²) in [7, 11) is 0. The van der Waals surface area contributed by atoms with Crippen molar-refractivity contribution < 1.29 is 24.2 Å². The zero-order valence-electron chi connectivity index (χ0n) is 8.64. The maximum absolute atomic E-state index is 11.5. The molecular formula is C9H14N2O5. The average Bonchev–Trinajstić information content (AvgIpc) is 2.68. The molecule has 0 aliphatic carbocycles. The number of carbonyl (C=O) groups excluding carboxylic acids is 2. The minimum absolute atomic E-state index is 0.423. The van der Waals surface area contributed by atoms with Crippen LogP contribution in [0.15, 0.2) is 0 Å². The number of carbonyl (C=O) groups is 3. The van der Waals surface area contributed by atoms with Gasteiger partial charge in [-0.05, 0) is 12.8 Å². The van der Waals surface area contributed by atoms with Gasteiger partial charge in [-0.3, -0.25) is 9.59 Å². The van der Waals surface area contributed by atoms with Crippen molar-refractivity contribution in [3.8, 4) is 0 Å². The Morgan fingerprint density at radius 3 is 2.62 bits per heavy atom. The van der Waals surface area contributed by atoms with Crippen molar-refractivity contribution in [1.29, 1.82) is 0 Å². The molecule has 1 rings (SSSR count). The molecule has 90 valence electrons. The number of ether oxygens (including phenoxy) is 1. The van der Waals surface area contributed by atoms with Gasteiger partial charge in [0.15, 0.2) is 0 Å². The Labute approximate surface area is 91.9 Å². The molecule has 0 saturated carbocycles. The summed E-state index contributed by atoms with van der Waals surface area (Å²) in [5, 5.41) is 11.0. The number of nitrogens with one attached hydrogen (secondary N) is 1. The molecule has 1 fully saturated rings. The highest BCUT2D eigenvalue weighted by Crippen LogP contribution is 2.12. The van der Waals surface area contributed by atoms with E-state index < -0.39 is 36.4 Å². The molecule has 2 atom stereocenters. The second-order valence-corrected chi connectivity index (χ2v) is 3.57. The fourth-order valence-electron chi connectivity index (χ4n) is 1.45. The molecule has 2 amide bonds. The van der Waals surface area contributed by atoms with Gasteiger partial charge in [0.1, 0.15) is 12.1 Å². The van der Waals surface area contributed by atoms with Crippen LogP contribution in [0.25, 0.3) is 0 Å². The number of hydrogen-bond donors (Lipinski definition) is 3. The standard InChI is InChI=1S/C9H14N2O5/c10-7(12)4-5(9(14)15)11-8(13)6-2-1-3-16-6/h5-6H,1-4H2,(H2,10,12)(H,11,13)(H,14,15)/t5-,6-/m0/s1. The molecule has 0 aromatic heterocycles. The van der Waals surface area contributed by atoms with Crippen molar-refractivity contribution in [2.45, 2.75) is 31.4 Å². The van der Waals surface area contributed by atoms with Crippen molar-refractivity contribution in [2.75, 3.05) is 6.61 Å². The summed E-state index contributed by atoms with van der Waals surface area (Å²) in [6.07, 6.45) is 0.295. The van der Waals surface area contributed by atoms with Crippen LogP contribution in [-0.4, -0.2) is 41.6 Å². The SMILES string of the molecule is NC(=O)C[C@H](NC(=O)[C@@H]1CCCO1)C(=O)O. The number of rotatable bonds is 5. The quantitative estimate of drug-likeness (QED) is 0.537. The Balaban J connectivity index is 2.50. The fraction of sp³-hybridized carbons (Fsp3) is 0.667. The molecular weight excluding hydrogens is 216 g/mol. The van der Waals surface area contributed by atoms with Crippen molar-refractivity contribution >= 4 is 17.8 Å². The lowest BCUT2D eigenvalue weighted by Gasteiger charge is -2.15. The predicted molar refractivity (Wildman–Crippen MR) is 52.4 cm³/mol. The van der Waals surface area contributed by atoms with Gasteiger partial charge in [-0.25, -0.2) is 4.79 Å². The van der Waals surface area contributed by atoms with E-state index in [0.717, 1.165) is 6.42 Å². The van der Waals surface area contributed by atoms with E-state index in [-0.39, 0.29) is 0 Å². The molecule has 0 aromatic carbocycles. The highest BCUT2D eigenvalue weighted by Gasteiger charge is 2.28. The number of carboxylic acids is 1. The van der Waals surface area contributed by atoms with E-state index in [1.807, 2.05) is 0 Å². The van der Waals surface area contributed by atoms with Crippen LogP contribution in [0.3, 0.4) is 0 Å². The molecule has 7 heteroatoms. The van der Waals surface area contributed by atoms with Crippen LogP contribution in [0.5, 0.6) is 0 Å². The smallest absolute Gasteiger partial charge is 0.326 e. The van der Waals surface area contributed by atoms with Gasteiger partial charge in [0.05, 0.1) is 6.42 Å². The third-order valence-corrected chi connectivity index (χ3v) is 2.24. The van der Waals surface area contributed by atoms with Crippen molar-refractivity contribution in [1.82, 2.24) is 5.32 Å².